The number of carboxylic acids is 1. The maximum absolute atomic E-state index is 11.4. The second-order valence-electron chi connectivity index (χ2n) is 8.84. The Morgan fingerprint density at radius 2 is 2.11 bits per heavy atom. The molecule has 5 N–H and O–H groups in total. The molecule has 0 saturated carbocycles. The van der Waals surface area contributed by atoms with Gasteiger partial charge in [-0.25, -0.2) is 4.98 Å². The summed E-state index contributed by atoms with van der Waals surface area (Å²) in [5.41, 5.74) is 9.47. The monoisotopic (exact) mass is 528 g/mol. The zero-order valence-corrected chi connectivity index (χ0v) is 22.5. The predicted octanol–water partition coefficient (Wildman–Crippen LogP) is 3.50. The van der Waals surface area contributed by atoms with Crippen molar-refractivity contribution in [3.8, 4) is 5.75 Å². The molecule has 2 aromatic heterocycles. The maximum atomic E-state index is 11.4. The number of hydrogen-bond donors (Lipinski definition) is 4. The van der Waals surface area contributed by atoms with Gasteiger partial charge in [-0.05, 0) is 42.0 Å². The van der Waals surface area contributed by atoms with Crippen LogP contribution < -0.4 is 15.8 Å². The van der Waals surface area contributed by atoms with Gasteiger partial charge in [0.15, 0.2) is 5.82 Å². The van der Waals surface area contributed by atoms with E-state index in [0.29, 0.717) is 35.9 Å². The Kier molecular flexibility index (Phi) is 10.9. The molecule has 200 valence electrons. The third kappa shape index (κ3) is 8.59. The first kappa shape index (κ1) is 28.2. The van der Waals surface area contributed by atoms with Crippen molar-refractivity contribution in [2.24, 2.45) is 0 Å². The molecule has 0 fully saturated rings. The predicted molar refractivity (Wildman–Crippen MR) is 145 cm³/mol. The van der Waals surface area contributed by atoms with Crippen LogP contribution in [0.3, 0.4) is 0 Å². The molecule has 2 heterocycles. The lowest BCUT2D eigenvalue weighted by atomic mass is 9.97. The molecule has 1 aromatic carbocycles. The van der Waals surface area contributed by atoms with Gasteiger partial charge in [-0.3, -0.25) is 4.79 Å². The van der Waals surface area contributed by atoms with E-state index >= 15 is 0 Å². The third-order valence-corrected chi connectivity index (χ3v) is 6.71. The van der Waals surface area contributed by atoms with Gasteiger partial charge in [0.2, 0.25) is 5.95 Å². The van der Waals surface area contributed by atoms with E-state index < -0.39 is 5.97 Å². The van der Waals surface area contributed by atoms with Crippen molar-refractivity contribution in [1.82, 2.24) is 30.6 Å². The number of ether oxygens (including phenoxy) is 1. The Hall–Kier alpha value is -3.41. The number of nitrogens with zero attached hydrogens (tertiary/aromatic N) is 5. The molecule has 37 heavy (non-hydrogen) atoms. The number of unbranched alkanes of at least 4 members (excludes halogenated alkanes) is 1. The number of hydrogen-bond acceptors (Lipinski definition) is 10. The van der Waals surface area contributed by atoms with E-state index in [9.17, 15) is 9.90 Å². The molecule has 0 amide bonds. The molecule has 0 aliphatic carbocycles. The van der Waals surface area contributed by atoms with Gasteiger partial charge in [0.1, 0.15) is 11.6 Å². The molecule has 0 aliphatic rings. The van der Waals surface area contributed by atoms with Crippen molar-refractivity contribution < 1.29 is 14.6 Å². The Morgan fingerprint density at radius 1 is 1.27 bits per heavy atom. The molecule has 0 bridgehead atoms. The van der Waals surface area contributed by atoms with Gasteiger partial charge >= 0.3 is 5.97 Å². The molecule has 0 radical (unpaired) electrons. The standard InChI is InChI=1S/C25H36N8O3S/c1-4-5-6-18(11-12-37-3)27-24-19(20(8-10-23(34)35)28-25(26)29-24)15-17-13-16(7-9-21(17)36-2)14-22-30-32-33-31-22/h7,9,13,18H,4-6,8,10-12,14-15H2,1-3H3,(H,34,35)(H3,26,27,28,29)(H,30,31,32,33). The number of nitrogens with two attached hydrogens (primary N) is 1. The molecule has 3 aromatic rings. The Morgan fingerprint density at radius 3 is 2.78 bits per heavy atom. The number of aromatic amines is 1. The van der Waals surface area contributed by atoms with Crippen molar-refractivity contribution in [3.63, 3.8) is 0 Å². The van der Waals surface area contributed by atoms with E-state index in [4.69, 9.17) is 10.5 Å². The lowest BCUT2D eigenvalue weighted by Gasteiger charge is -2.23. The quantitative estimate of drug-likeness (QED) is 0.215. The van der Waals surface area contributed by atoms with Crippen LogP contribution in [0.1, 0.15) is 67.2 Å². The largest absolute Gasteiger partial charge is 0.496 e. The number of carboxylic acid groups (broad SMARTS) is 1. The molecular formula is C25H36N8O3S. The number of nitrogens with one attached hydrogen (secondary N) is 2. The number of rotatable bonds is 16. The fourth-order valence-corrected chi connectivity index (χ4v) is 4.71. The van der Waals surface area contributed by atoms with Gasteiger partial charge in [0.25, 0.3) is 0 Å². The van der Waals surface area contributed by atoms with Crippen LogP contribution in [0.5, 0.6) is 5.75 Å². The lowest BCUT2D eigenvalue weighted by molar-refractivity contribution is -0.136. The zero-order chi connectivity index (χ0) is 26.6. The summed E-state index contributed by atoms with van der Waals surface area (Å²) in [6.07, 6.45) is 7.45. The second-order valence-corrected chi connectivity index (χ2v) is 9.83. The Bertz CT molecular complexity index is 1140. The van der Waals surface area contributed by atoms with Crippen molar-refractivity contribution >= 4 is 29.5 Å². The van der Waals surface area contributed by atoms with Gasteiger partial charge < -0.3 is 20.9 Å². The first-order valence-electron chi connectivity index (χ1n) is 12.4. The van der Waals surface area contributed by atoms with E-state index in [-0.39, 0.29) is 24.8 Å². The summed E-state index contributed by atoms with van der Waals surface area (Å²) >= 11 is 1.81. The van der Waals surface area contributed by atoms with Crippen LogP contribution in [0.25, 0.3) is 0 Å². The van der Waals surface area contributed by atoms with Crippen LogP contribution in [0.2, 0.25) is 0 Å². The number of thioether (sulfide) groups is 1. The van der Waals surface area contributed by atoms with Crippen molar-refractivity contribution in [3.05, 3.63) is 46.4 Å². The van der Waals surface area contributed by atoms with Gasteiger partial charge in [-0.15, -0.1) is 10.2 Å². The summed E-state index contributed by atoms with van der Waals surface area (Å²) in [6.45, 7) is 2.18. The second kappa shape index (κ2) is 14.4. The smallest absolute Gasteiger partial charge is 0.303 e. The third-order valence-electron chi connectivity index (χ3n) is 6.07. The van der Waals surface area contributed by atoms with Crippen LogP contribution >= 0.6 is 11.8 Å². The summed E-state index contributed by atoms with van der Waals surface area (Å²) in [5.74, 6) is 2.22. The minimum Gasteiger partial charge on any atom is -0.496 e. The number of methoxy groups -OCH3 is 1. The minimum atomic E-state index is -0.891. The van der Waals surface area contributed by atoms with Crippen LogP contribution in [0, 0.1) is 0 Å². The fraction of sp³-hybridized carbons (Fsp3) is 0.520. The number of carbonyl (C=O) groups is 1. The van der Waals surface area contributed by atoms with Crippen LogP contribution in [-0.2, 0) is 24.1 Å². The summed E-state index contributed by atoms with van der Waals surface area (Å²) in [4.78, 5) is 20.4. The molecule has 0 saturated heterocycles. The normalized spacial score (nSPS) is 11.9. The minimum absolute atomic E-state index is 0.0520. The number of aryl methyl sites for hydroxylation is 1. The van der Waals surface area contributed by atoms with Gasteiger partial charge in [0.05, 0.1) is 19.2 Å². The molecule has 0 aliphatic heterocycles. The Balaban J connectivity index is 2.01. The molecular weight excluding hydrogens is 492 g/mol. The summed E-state index contributed by atoms with van der Waals surface area (Å²) in [5, 5.41) is 27.2. The average molecular weight is 529 g/mol. The molecule has 0 spiro atoms. The molecule has 1 atom stereocenters. The SMILES string of the molecule is CCCCC(CCSC)Nc1nc(N)nc(CCC(=O)O)c1Cc1cc(Cc2nn[nH]n2)ccc1OC. The maximum Gasteiger partial charge on any atom is 0.303 e. The van der Waals surface area contributed by atoms with Gasteiger partial charge in [0, 0.05) is 30.9 Å². The number of aliphatic carboxylic acids is 1. The van der Waals surface area contributed by atoms with Crippen LogP contribution in [0.4, 0.5) is 11.8 Å². The first-order valence-corrected chi connectivity index (χ1v) is 13.8. The number of nitrogen functional groups attached to an aromatic ring is 1. The van der Waals surface area contributed by atoms with Crippen LogP contribution in [-0.4, -0.2) is 66.8 Å². The number of tetrazole rings is 1. The topological polar surface area (TPSA) is 165 Å². The average Bonchev–Trinajstić information content (AvgIpc) is 3.39. The lowest BCUT2D eigenvalue weighted by Crippen LogP contribution is -2.23. The zero-order valence-electron chi connectivity index (χ0n) is 21.7. The summed E-state index contributed by atoms with van der Waals surface area (Å²) < 4.78 is 5.66. The van der Waals surface area contributed by atoms with Crippen LogP contribution in [0.15, 0.2) is 18.2 Å². The van der Waals surface area contributed by atoms with Crippen molar-refractivity contribution in [1.29, 1.82) is 0 Å². The highest BCUT2D eigenvalue weighted by Crippen LogP contribution is 2.30. The van der Waals surface area contributed by atoms with E-state index in [2.05, 4.69) is 49.1 Å². The molecule has 3 rings (SSSR count). The number of aromatic nitrogens is 6. The van der Waals surface area contributed by atoms with Crippen molar-refractivity contribution in [2.75, 3.05) is 30.2 Å². The Labute approximate surface area is 221 Å². The van der Waals surface area contributed by atoms with E-state index in [0.717, 1.165) is 48.1 Å². The summed E-state index contributed by atoms with van der Waals surface area (Å²) in [6, 6.07) is 6.14. The number of benzene rings is 1. The molecule has 12 heteroatoms. The van der Waals surface area contributed by atoms with Gasteiger partial charge in [-0.2, -0.15) is 22.0 Å². The summed E-state index contributed by atoms with van der Waals surface area (Å²) in [7, 11) is 1.63. The van der Waals surface area contributed by atoms with E-state index in [1.807, 2.05) is 30.0 Å². The fourth-order valence-electron chi connectivity index (χ4n) is 4.19. The molecule has 11 nitrogen and oxygen atoms in total. The molecule has 1 unspecified atom stereocenters. The first-order chi connectivity index (χ1) is 17.9. The van der Waals surface area contributed by atoms with E-state index in [1.54, 1.807) is 7.11 Å². The number of H-pyrrole nitrogens is 1. The highest BCUT2D eigenvalue weighted by molar-refractivity contribution is 7.98. The highest BCUT2D eigenvalue weighted by Gasteiger charge is 2.20. The van der Waals surface area contributed by atoms with Crippen molar-refractivity contribution in [2.45, 2.75) is 64.3 Å². The number of anilines is 2. The van der Waals surface area contributed by atoms with Gasteiger partial charge in [-0.1, -0.05) is 37.1 Å². The van der Waals surface area contributed by atoms with E-state index in [1.165, 1.54) is 0 Å². The highest BCUT2D eigenvalue weighted by atomic mass is 32.2.